The van der Waals surface area contributed by atoms with Crippen LogP contribution >= 0.6 is 7.60 Å². The fourth-order valence-corrected chi connectivity index (χ4v) is 1.67. The number of nitrogens with two attached hydrogens (primary N) is 1. The predicted octanol–water partition coefficient (Wildman–Crippen LogP) is -2.34. The normalized spacial score (nSPS) is 10.5. The average Bonchev–Trinajstić information content (AvgIpc) is 2.36. The molecule has 96 valence electrons. The van der Waals surface area contributed by atoms with E-state index in [2.05, 4.69) is 0 Å². The highest BCUT2D eigenvalue weighted by Crippen LogP contribution is 2.46. The van der Waals surface area contributed by atoms with Crippen molar-refractivity contribution in [3.05, 3.63) is 35.9 Å². The summed E-state index contributed by atoms with van der Waals surface area (Å²) < 4.78 is 26.2. The van der Waals surface area contributed by atoms with Crippen LogP contribution in [0.5, 0.6) is 0 Å². The molecule has 5 nitrogen and oxygen atoms in total. The van der Waals surface area contributed by atoms with Crippen LogP contribution in [-0.2, 0) is 18.3 Å². The Hall–Kier alpha value is -0.870. The number of hydrogen-bond acceptors (Lipinski definition) is 4. The molecule has 0 fully saturated rings. The molecule has 0 saturated heterocycles. The number of benzene rings is 1. The second-order valence-corrected chi connectivity index (χ2v) is 5.19. The summed E-state index contributed by atoms with van der Waals surface area (Å²) in [5.41, 5.74) is 0.723. The molecular formula is C10H15ClNO4P. The van der Waals surface area contributed by atoms with Crippen molar-refractivity contribution in [3.63, 3.8) is 0 Å². The zero-order valence-corrected chi connectivity index (χ0v) is 11.3. The smallest absolute Gasteiger partial charge is 0.367 e. The molecule has 0 atom stereocenters. The summed E-state index contributed by atoms with van der Waals surface area (Å²) in [6.45, 7) is 0. The summed E-state index contributed by atoms with van der Waals surface area (Å²) in [7, 11) is -0.583. The molecule has 1 aromatic carbocycles. The first-order valence-electron chi connectivity index (χ1n) is 4.62. The van der Waals surface area contributed by atoms with Crippen molar-refractivity contribution >= 4 is 13.5 Å². The summed E-state index contributed by atoms with van der Waals surface area (Å²) in [4.78, 5) is 0. The van der Waals surface area contributed by atoms with Gasteiger partial charge < -0.3 is 26.2 Å². The van der Waals surface area contributed by atoms with Crippen LogP contribution in [-0.4, -0.2) is 26.5 Å². The number of ether oxygens (including phenoxy) is 1. The Labute approximate surface area is 107 Å². The highest BCUT2D eigenvalue weighted by atomic mass is 35.5. The minimum absolute atomic E-state index is 0. The van der Waals surface area contributed by atoms with Gasteiger partial charge in [-0.1, -0.05) is 18.2 Å². The quantitative estimate of drug-likeness (QED) is 0.372. The fourth-order valence-electron chi connectivity index (χ4n) is 1.01. The van der Waals surface area contributed by atoms with Gasteiger partial charge in [0.1, 0.15) is 0 Å². The highest BCUT2D eigenvalue weighted by Gasteiger charge is 2.24. The molecule has 17 heavy (non-hydrogen) atoms. The maximum Gasteiger partial charge on any atom is 0.367 e. The maximum absolute atomic E-state index is 11.6. The van der Waals surface area contributed by atoms with Gasteiger partial charge in [0.15, 0.2) is 6.35 Å². The van der Waals surface area contributed by atoms with Crippen molar-refractivity contribution < 1.29 is 36.2 Å². The van der Waals surface area contributed by atoms with Gasteiger partial charge in [0, 0.05) is 14.2 Å². The molecule has 0 spiro atoms. The topological polar surface area (TPSA) is 70.4 Å². The van der Waals surface area contributed by atoms with E-state index in [1.807, 2.05) is 18.2 Å². The summed E-state index contributed by atoms with van der Waals surface area (Å²) in [5, 5.41) is 5.67. The first-order chi connectivity index (χ1) is 7.61. The molecule has 1 rings (SSSR count). The van der Waals surface area contributed by atoms with E-state index in [1.54, 1.807) is 12.1 Å². The van der Waals surface area contributed by atoms with Crippen LogP contribution in [0.25, 0.3) is 0 Å². The van der Waals surface area contributed by atoms with E-state index in [9.17, 15) is 4.57 Å². The number of rotatable bonds is 5. The van der Waals surface area contributed by atoms with E-state index < -0.39 is 7.60 Å². The van der Waals surface area contributed by atoms with Crippen molar-refractivity contribution in [1.29, 1.82) is 0 Å². The second-order valence-electron chi connectivity index (χ2n) is 2.98. The number of halogens is 1. The van der Waals surface area contributed by atoms with Gasteiger partial charge in [-0.2, -0.15) is 0 Å². The molecule has 2 N–H and O–H groups in total. The lowest BCUT2D eigenvalue weighted by Gasteiger charge is -2.12. The minimum Gasteiger partial charge on any atom is -1.00 e. The predicted molar refractivity (Wildman–Crippen MR) is 60.1 cm³/mol. The van der Waals surface area contributed by atoms with Gasteiger partial charge in [-0.3, -0.25) is 4.57 Å². The van der Waals surface area contributed by atoms with Crippen LogP contribution in [0, 0.1) is 0 Å². The van der Waals surface area contributed by atoms with E-state index >= 15 is 0 Å². The van der Waals surface area contributed by atoms with Gasteiger partial charge >= 0.3 is 13.5 Å². The molecule has 1 aromatic rings. The summed E-state index contributed by atoms with van der Waals surface area (Å²) >= 11 is 0. The van der Waals surface area contributed by atoms with Crippen molar-refractivity contribution in [3.8, 4) is 0 Å². The first-order valence-corrected chi connectivity index (χ1v) is 6.35. The maximum atomic E-state index is 11.6. The van der Waals surface area contributed by atoms with Crippen LogP contribution < -0.4 is 17.8 Å². The summed E-state index contributed by atoms with van der Waals surface area (Å²) in [6, 6.07) is 9.11. The Balaban J connectivity index is 0.00000256. The van der Waals surface area contributed by atoms with Gasteiger partial charge in [-0.05, 0) is 12.1 Å². The molecule has 0 aliphatic heterocycles. The van der Waals surface area contributed by atoms with Crippen LogP contribution in [0.2, 0.25) is 0 Å². The first kappa shape index (κ1) is 16.1. The molecular weight excluding hydrogens is 265 g/mol. The lowest BCUT2D eigenvalue weighted by atomic mass is 10.2. The molecule has 0 amide bonds. The van der Waals surface area contributed by atoms with Crippen LogP contribution in [0.1, 0.15) is 5.56 Å². The molecule has 0 heterocycles. The van der Waals surface area contributed by atoms with Crippen molar-refractivity contribution in [2.75, 3.05) is 20.6 Å². The van der Waals surface area contributed by atoms with Crippen molar-refractivity contribution in [2.45, 2.75) is 0 Å². The highest BCUT2D eigenvalue weighted by molar-refractivity contribution is 7.53. The number of hydrogen-bond donors (Lipinski definition) is 1. The van der Waals surface area contributed by atoms with Gasteiger partial charge in [0.25, 0.3) is 0 Å². The van der Waals surface area contributed by atoms with Gasteiger partial charge in [0.05, 0.1) is 5.56 Å². The lowest BCUT2D eigenvalue weighted by molar-refractivity contribution is -0.137. The standard InChI is InChI=1S/C10H14NO4P.ClH/c1-13-16(12,14-2)8-15-10(11)9-6-4-3-5-7-9;/h3-7,11H,8H2,1-2H3;1H. The van der Waals surface area contributed by atoms with E-state index in [1.165, 1.54) is 14.2 Å². The monoisotopic (exact) mass is 279 g/mol. The average molecular weight is 280 g/mol. The molecule has 0 bridgehead atoms. The van der Waals surface area contributed by atoms with Crippen LogP contribution in [0.4, 0.5) is 0 Å². The molecule has 7 heteroatoms. The van der Waals surface area contributed by atoms with Crippen molar-refractivity contribution in [1.82, 2.24) is 0 Å². The van der Waals surface area contributed by atoms with E-state index in [0.29, 0.717) is 0 Å². The third kappa shape index (κ3) is 4.88. The van der Waals surface area contributed by atoms with Gasteiger partial charge in [-0.25, -0.2) is 5.41 Å². The Kier molecular flexibility index (Phi) is 7.07. The Morgan fingerprint density at radius 3 is 2.24 bits per heavy atom. The van der Waals surface area contributed by atoms with Crippen LogP contribution in [0.15, 0.2) is 30.3 Å². The van der Waals surface area contributed by atoms with Crippen molar-refractivity contribution in [2.24, 2.45) is 0 Å². The minimum atomic E-state index is -3.18. The fraction of sp³-hybridized carbons (Fsp3) is 0.300. The molecule has 0 unspecified atom stereocenters. The summed E-state index contributed by atoms with van der Waals surface area (Å²) in [5.74, 6) is 0.190. The van der Waals surface area contributed by atoms with E-state index in [-0.39, 0.29) is 24.7 Å². The summed E-state index contributed by atoms with van der Waals surface area (Å²) in [6.07, 6.45) is -0.208. The Bertz CT molecular complexity index is 391. The molecule has 0 aliphatic carbocycles. The van der Waals surface area contributed by atoms with Gasteiger partial charge in [-0.15, -0.1) is 0 Å². The van der Waals surface area contributed by atoms with E-state index in [0.717, 1.165) is 5.56 Å². The SMILES string of the molecule is COP(=O)(COC(=[NH2+])c1ccccc1)OC.[Cl-]. The Morgan fingerprint density at radius 2 is 1.76 bits per heavy atom. The largest absolute Gasteiger partial charge is 1.00 e. The molecule has 0 aromatic heterocycles. The Morgan fingerprint density at radius 1 is 1.24 bits per heavy atom. The van der Waals surface area contributed by atoms with E-state index in [4.69, 9.17) is 19.2 Å². The molecule has 0 radical (unpaired) electrons. The lowest BCUT2D eigenvalue weighted by Crippen LogP contribution is -3.00. The van der Waals surface area contributed by atoms with Crippen LogP contribution in [0.3, 0.4) is 0 Å². The molecule has 0 aliphatic rings. The zero-order valence-electron chi connectivity index (χ0n) is 9.63. The third-order valence-corrected chi connectivity index (χ3v) is 3.55. The molecule has 0 saturated carbocycles. The van der Waals surface area contributed by atoms with Gasteiger partial charge in [0.2, 0.25) is 0 Å². The second kappa shape index (κ2) is 7.45. The third-order valence-electron chi connectivity index (χ3n) is 1.99. The zero-order chi connectivity index (χ0) is 12.0.